The summed E-state index contributed by atoms with van der Waals surface area (Å²) in [6, 6.07) is 21.2. The fourth-order valence-corrected chi connectivity index (χ4v) is 6.36. The van der Waals surface area contributed by atoms with Crippen LogP contribution in [0.1, 0.15) is 65.4 Å². The van der Waals surface area contributed by atoms with Crippen molar-refractivity contribution in [1.29, 1.82) is 0 Å². The third kappa shape index (κ3) is 7.35. The van der Waals surface area contributed by atoms with Crippen LogP contribution in [0.15, 0.2) is 71.6 Å². The molecule has 1 N–H and O–H groups in total. The third-order valence-corrected chi connectivity index (χ3v) is 9.30. The van der Waals surface area contributed by atoms with Gasteiger partial charge in [-0.2, -0.15) is 4.31 Å². The third-order valence-electron chi connectivity index (χ3n) is 7.44. The van der Waals surface area contributed by atoms with Gasteiger partial charge in [-0.1, -0.05) is 53.6 Å². The van der Waals surface area contributed by atoms with Crippen LogP contribution in [0.4, 0.5) is 0 Å². The zero-order chi connectivity index (χ0) is 28.2. The van der Waals surface area contributed by atoms with Crippen LogP contribution >= 0.6 is 0 Å². The van der Waals surface area contributed by atoms with Crippen molar-refractivity contribution in [3.63, 3.8) is 0 Å². The Morgan fingerprint density at radius 2 is 1.56 bits per heavy atom. The Labute approximate surface area is 234 Å². The Morgan fingerprint density at radius 3 is 2.21 bits per heavy atom. The summed E-state index contributed by atoms with van der Waals surface area (Å²) in [5, 5.41) is 3.09. The lowest BCUT2D eigenvalue weighted by Gasteiger charge is -2.36. The Bertz CT molecular complexity index is 1390. The molecule has 1 aliphatic rings. The molecule has 0 saturated heterocycles. The highest BCUT2D eigenvalue weighted by atomic mass is 32.2. The minimum Gasteiger partial charge on any atom is -0.351 e. The Hall–Kier alpha value is -3.00. The molecule has 0 aliphatic carbocycles. The summed E-state index contributed by atoms with van der Waals surface area (Å²) in [4.78, 5) is 15.7. The van der Waals surface area contributed by atoms with E-state index in [9.17, 15) is 13.2 Å². The fraction of sp³-hybridized carbons (Fsp3) is 0.406. The number of nitrogens with zero attached hydrogens (tertiary/aromatic N) is 2. The van der Waals surface area contributed by atoms with E-state index in [1.54, 1.807) is 16.4 Å². The second kappa shape index (κ2) is 12.0. The SMILES string of the molecule is Cc1ccc(CN(CCNC(=O)c2ccc3c(c2)CCCN(S(=O)(=O)c2ccc(C)cc2)C3)C(C)(C)C)cc1. The molecule has 4 rings (SSSR count). The minimum atomic E-state index is -3.58. The van der Waals surface area contributed by atoms with E-state index < -0.39 is 10.0 Å². The largest absolute Gasteiger partial charge is 0.351 e. The lowest BCUT2D eigenvalue weighted by atomic mass is 10.0. The molecule has 0 atom stereocenters. The second-order valence-electron chi connectivity index (χ2n) is 11.6. The van der Waals surface area contributed by atoms with Crippen molar-refractivity contribution in [1.82, 2.24) is 14.5 Å². The summed E-state index contributed by atoms with van der Waals surface area (Å²) in [5.41, 5.74) is 6.10. The average Bonchev–Trinajstić information content (AvgIpc) is 3.11. The van der Waals surface area contributed by atoms with Crippen LogP contribution in [0, 0.1) is 13.8 Å². The Kier molecular flexibility index (Phi) is 8.94. The van der Waals surface area contributed by atoms with E-state index in [1.165, 1.54) is 11.1 Å². The van der Waals surface area contributed by atoms with Crippen molar-refractivity contribution in [3.05, 3.63) is 100 Å². The number of aryl methyl sites for hydroxylation is 3. The Morgan fingerprint density at radius 1 is 0.923 bits per heavy atom. The highest BCUT2D eigenvalue weighted by Crippen LogP contribution is 2.26. The molecule has 3 aromatic rings. The highest BCUT2D eigenvalue weighted by Gasteiger charge is 2.27. The van der Waals surface area contributed by atoms with Gasteiger partial charge in [0.05, 0.1) is 4.90 Å². The molecule has 39 heavy (non-hydrogen) atoms. The van der Waals surface area contributed by atoms with Gasteiger partial charge in [0.1, 0.15) is 0 Å². The molecule has 1 heterocycles. The number of sulfonamides is 1. The number of carbonyl (C=O) groups excluding carboxylic acids is 1. The second-order valence-corrected chi connectivity index (χ2v) is 13.5. The summed E-state index contributed by atoms with van der Waals surface area (Å²) in [5.74, 6) is -0.102. The summed E-state index contributed by atoms with van der Waals surface area (Å²) in [6.45, 7) is 13.5. The standard InChI is InChI=1S/C32H41N3O3S/c1-24-8-12-26(13-9-24)22-34(32(3,4)5)20-18-33-31(36)28-14-15-29-23-35(19-6-7-27(29)21-28)39(37,38)30-16-10-25(2)11-17-30/h8-17,21H,6-7,18-20,22-23H2,1-5H3,(H,33,36). The zero-order valence-electron chi connectivity index (χ0n) is 23.8. The number of hydrogen-bond donors (Lipinski definition) is 1. The number of hydrogen-bond acceptors (Lipinski definition) is 4. The van der Waals surface area contributed by atoms with Gasteiger partial charge in [0.2, 0.25) is 10.0 Å². The summed E-state index contributed by atoms with van der Waals surface area (Å²) in [6.07, 6.45) is 1.45. The maximum atomic E-state index is 13.3. The monoisotopic (exact) mass is 547 g/mol. The molecule has 0 aromatic heterocycles. The fourth-order valence-electron chi connectivity index (χ4n) is 4.91. The summed E-state index contributed by atoms with van der Waals surface area (Å²) in [7, 11) is -3.58. The molecule has 0 fully saturated rings. The van der Waals surface area contributed by atoms with Crippen LogP contribution in [-0.2, 0) is 29.5 Å². The van der Waals surface area contributed by atoms with E-state index in [2.05, 4.69) is 62.2 Å². The molecule has 1 aliphatic heterocycles. The molecular formula is C32H41N3O3S. The first kappa shape index (κ1) is 29.0. The van der Waals surface area contributed by atoms with E-state index in [4.69, 9.17) is 0 Å². The van der Waals surface area contributed by atoms with Crippen LogP contribution in [0.2, 0.25) is 0 Å². The van der Waals surface area contributed by atoms with E-state index in [0.29, 0.717) is 36.5 Å². The predicted molar refractivity (Wildman–Crippen MR) is 157 cm³/mol. The minimum absolute atomic E-state index is 0.0372. The van der Waals surface area contributed by atoms with Gasteiger partial charge in [0, 0.05) is 43.8 Å². The lowest BCUT2D eigenvalue weighted by molar-refractivity contribution is 0.0922. The first-order valence-electron chi connectivity index (χ1n) is 13.7. The van der Waals surface area contributed by atoms with Crippen molar-refractivity contribution >= 4 is 15.9 Å². The van der Waals surface area contributed by atoms with Crippen LogP contribution < -0.4 is 5.32 Å². The van der Waals surface area contributed by atoms with Crippen LogP contribution in [0.3, 0.4) is 0 Å². The number of rotatable bonds is 8. The lowest BCUT2D eigenvalue weighted by Crippen LogP contribution is -2.45. The number of nitrogens with one attached hydrogen (secondary N) is 1. The zero-order valence-corrected chi connectivity index (χ0v) is 24.6. The average molecular weight is 548 g/mol. The maximum absolute atomic E-state index is 13.3. The molecule has 0 spiro atoms. The van der Waals surface area contributed by atoms with Gasteiger partial charge < -0.3 is 5.32 Å². The molecule has 1 amide bonds. The highest BCUT2D eigenvalue weighted by molar-refractivity contribution is 7.89. The number of fused-ring (bicyclic) bond motifs is 1. The quantitative estimate of drug-likeness (QED) is 0.406. The van der Waals surface area contributed by atoms with Gasteiger partial charge in [0.25, 0.3) is 5.91 Å². The number of carbonyl (C=O) groups is 1. The topological polar surface area (TPSA) is 69.7 Å². The van der Waals surface area contributed by atoms with Gasteiger partial charge in [-0.25, -0.2) is 8.42 Å². The van der Waals surface area contributed by atoms with Crippen LogP contribution in [-0.4, -0.2) is 48.7 Å². The molecule has 6 nitrogen and oxygen atoms in total. The maximum Gasteiger partial charge on any atom is 0.251 e. The predicted octanol–water partition coefficient (Wildman–Crippen LogP) is 5.47. The van der Waals surface area contributed by atoms with E-state index in [1.807, 2.05) is 37.3 Å². The van der Waals surface area contributed by atoms with Crippen molar-refractivity contribution in [2.75, 3.05) is 19.6 Å². The first-order chi connectivity index (χ1) is 18.4. The normalized spacial score (nSPS) is 14.6. The van der Waals surface area contributed by atoms with Gasteiger partial charge in [-0.05, 0) is 88.4 Å². The summed E-state index contributed by atoms with van der Waals surface area (Å²) < 4.78 is 28.1. The smallest absolute Gasteiger partial charge is 0.251 e. The van der Waals surface area contributed by atoms with Crippen LogP contribution in [0.25, 0.3) is 0 Å². The van der Waals surface area contributed by atoms with E-state index in [-0.39, 0.29) is 11.4 Å². The van der Waals surface area contributed by atoms with Crippen molar-refractivity contribution in [2.24, 2.45) is 0 Å². The van der Waals surface area contributed by atoms with Crippen molar-refractivity contribution in [3.8, 4) is 0 Å². The first-order valence-corrected chi connectivity index (χ1v) is 15.1. The molecule has 0 saturated carbocycles. The number of benzene rings is 3. The van der Waals surface area contributed by atoms with E-state index >= 15 is 0 Å². The molecule has 7 heteroatoms. The van der Waals surface area contributed by atoms with Gasteiger partial charge in [-0.15, -0.1) is 0 Å². The molecular weight excluding hydrogens is 506 g/mol. The molecule has 208 valence electrons. The molecule has 0 unspecified atom stereocenters. The Balaban J connectivity index is 1.39. The molecule has 0 radical (unpaired) electrons. The van der Waals surface area contributed by atoms with Crippen molar-refractivity contribution in [2.45, 2.75) is 71.0 Å². The number of amides is 1. The molecule has 3 aromatic carbocycles. The summed E-state index contributed by atoms with van der Waals surface area (Å²) >= 11 is 0. The van der Waals surface area contributed by atoms with Gasteiger partial charge in [-0.3, -0.25) is 9.69 Å². The molecule has 0 bridgehead atoms. The van der Waals surface area contributed by atoms with Gasteiger partial charge in [0.15, 0.2) is 0 Å². The van der Waals surface area contributed by atoms with Crippen molar-refractivity contribution < 1.29 is 13.2 Å². The van der Waals surface area contributed by atoms with Gasteiger partial charge >= 0.3 is 0 Å². The van der Waals surface area contributed by atoms with E-state index in [0.717, 1.165) is 36.2 Å². The van der Waals surface area contributed by atoms with Crippen LogP contribution in [0.5, 0.6) is 0 Å².